The average molecular weight is 429 g/mol. The Bertz CT molecular complexity index is 628. The molecule has 4 amide bonds. The normalized spacial score (nSPS) is 17.4. The molecular formula is C19H32N4O5S. The largest absolute Gasteiger partial charge is 0.353 e. The van der Waals surface area contributed by atoms with Crippen LogP contribution in [-0.4, -0.2) is 83.4 Å². The van der Waals surface area contributed by atoms with Gasteiger partial charge in [0.25, 0.3) is 0 Å². The Kier molecular flexibility index (Phi) is 10.9. The minimum absolute atomic E-state index is 0.0299. The van der Waals surface area contributed by atoms with Gasteiger partial charge in [-0.25, -0.2) is 0 Å². The van der Waals surface area contributed by atoms with Crippen molar-refractivity contribution in [2.75, 3.05) is 32.9 Å². The van der Waals surface area contributed by atoms with E-state index in [0.29, 0.717) is 6.42 Å². The van der Waals surface area contributed by atoms with Crippen LogP contribution < -0.4 is 11.1 Å². The number of likely N-dealkylation sites (N-methyl/N-ethyl adjacent to an activating group) is 1. The lowest BCUT2D eigenvalue weighted by Gasteiger charge is -2.26. The summed E-state index contributed by atoms with van der Waals surface area (Å²) in [7, 11) is 3.04. The highest BCUT2D eigenvalue weighted by atomic mass is 32.2. The summed E-state index contributed by atoms with van der Waals surface area (Å²) in [4.78, 5) is 61.9. The fourth-order valence-corrected chi connectivity index (χ4v) is 4.19. The highest BCUT2D eigenvalue weighted by Crippen LogP contribution is 2.25. The Labute approximate surface area is 176 Å². The number of hydrogen-bond donors (Lipinski definition) is 2. The second kappa shape index (κ2) is 12.6. The Morgan fingerprint density at radius 1 is 1.28 bits per heavy atom. The number of carbonyl (C=O) groups excluding carboxylic acids is 5. The van der Waals surface area contributed by atoms with Crippen LogP contribution in [0.15, 0.2) is 0 Å². The van der Waals surface area contributed by atoms with E-state index in [1.165, 1.54) is 42.6 Å². The quantitative estimate of drug-likeness (QED) is 0.310. The molecule has 2 unspecified atom stereocenters. The van der Waals surface area contributed by atoms with Gasteiger partial charge in [-0.2, -0.15) is 0 Å². The number of likely N-dealkylation sites (tertiary alicyclic amines) is 1. The molecule has 1 fully saturated rings. The van der Waals surface area contributed by atoms with Crippen molar-refractivity contribution in [3.8, 4) is 0 Å². The van der Waals surface area contributed by atoms with Crippen LogP contribution in [0.4, 0.5) is 0 Å². The summed E-state index contributed by atoms with van der Waals surface area (Å²) in [6, 6.07) is -0.829. The monoisotopic (exact) mass is 428 g/mol. The minimum atomic E-state index is -0.829. The van der Waals surface area contributed by atoms with Gasteiger partial charge in [0.1, 0.15) is 11.8 Å². The molecule has 0 aromatic rings. The van der Waals surface area contributed by atoms with E-state index in [9.17, 15) is 24.0 Å². The number of nitrogens with zero attached hydrogens (tertiary/aromatic N) is 2. The van der Waals surface area contributed by atoms with Crippen molar-refractivity contribution in [3.05, 3.63) is 0 Å². The smallest absolute Gasteiger partial charge is 0.243 e. The van der Waals surface area contributed by atoms with Gasteiger partial charge in [-0.15, -0.1) is 11.8 Å². The number of nitrogens with one attached hydrogen (secondary N) is 1. The molecule has 0 spiro atoms. The third-order valence-electron chi connectivity index (χ3n) is 4.78. The van der Waals surface area contributed by atoms with Gasteiger partial charge in [-0.3, -0.25) is 28.9 Å². The zero-order chi connectivity index (χ0) is 22.0. The third-order valence-corrected chi connectivity index (χ3v) is 6.08. The van der Waals surface area contributed by atoms with E-state index in [0.717, 1.165) is 18.6 Å². The summed E-state index contributed by atoms with van der Waals surface area (Å²) in [6.07, 6.45) is 2.79. The van der Waals surface area contributed by atoms with E-state index in [-0.39, 0.29) is 67.0 Å². The second-order valence-electron chi connectivity index (χ2n) is 7.17. The van der Waals surface area contributed by atoms with Crippen molar-refractivity contribution in [3.63, 3.8) is 0 Å². The van der Waals surface area contributed by atoms with Crippen LogP contribution in [0.3, 0.4) is 0 Å². The lowest BCUT2D eigenvalue weighted by atomic mass is 10.1. The number of nitrogens with two attached hydrogens (primary N) is 1. The SMILES string of the molecule is CC(=O)CC(C(=O)NCCN)N(C)C(=O)CCCCCSC1CC(=O)N(C)C1=O. The van der Waals surface area contributed by atoms with Gasteiger partial charge >= 0.3 is 0 Å². The first-order chi connectivity index (χ1) is 13.7. The molecule has 164 valence electrons. The number of carbonyl (C=O) groups is 5. The molecule has 29 heavy (non-hydrogen) atoms. The molecule has 1 aliphatic rings. The Morgan fingerprint density at radius 3 is 2.52 bits per heavy atom. The summed E-state index contributed by atoms with van der Waals surface area (Å²) in [5, 5.41) is 2.33. The van der Waals surface area contributed by atoms with Crippen LogP contribution in [0.5, 0.6) is 0 Å². The molecule has 0 saturated carbocycles. The highest BCUT2D eigenvalue weighted by Gasteiger charge is 2.35. The van der Waals surface area contributed by atoms with E-state index < -0.39 is 6.04 Å². The number of unbranched alkanes of at least 4 members (excludes halogenated alkanes) is 2. The van der Waals surface area contributed by atoms with Crippen LogP contribution in [-0.2, 0) is 24.0 Å². The first-order valence-corrected chi connectivity index (χ1v) is 10.9. The predicted octanol–water partition coefficient (Wildman–Crippen LogP) is -0.0817. The van der Waals surface area contributed by atoms with E-state index in [2.05, 4.69) is 5.32 Å². The van der Waals surface area contributed by atoms with E-state index in [1.807, 2.05) is 0 Å². The van der Waals surface area contributed by atoms with Gasteiger partial charge in [-0.1, -0.05) is 6.42 Å². The number of imide groups is 1. The van der Waals surface area contributed by atoms with Gasteiger partial charge in [0.05, 0.1) is 5.25 Å². The van der Waals surface area contributed by atoms with Gasteiger partial charge in [0.15, 0.2) is 0 Å². The summed E-state index contributed by atoms with van der Waals surface area (Å²) in [6.45, 7) is 1.96. The maximum absolute atomic E-state index is 12.4. The Morgan fingerprint density at radius 2 is 1.97 bits per heavy atom. The predicted molar refractivity (Wildman–Crippen MR) is 111 cm³/mol. The molecule has 10 heteroatoms. The maximum atomic E-state index is 12.4. The summed E-state index contributed by atoms with van der Waals surface area (Å²) < 4.78 is 0. The van der Waals surface area contributed by atoms with Crippen LogP contribution >= 0.6 is 11.8 Å². The van der Waals surface area contributed by atoms with Crippen molar-refractivity contribution in [2.45, 2.75) is 56.7 Å². The zero-order valence-corrected chi connectivity index (χ0v) is 18.3. The standard InChI is InChI=1S/C19H32N4O5S/c1-13(24)11-14(18(27)21-9-8-20)22(2)16(25)7-5-4-6-10-29-15-12-17(26)23(3)19(15)28/h14-15H,4-12,20H2,1-3H3,(H,21,27). The number of thioether (sulfide) groups is 1. The van der Waals surface area contributed by atoms with Crippen molar-refractivity contribution in [1.82, 2.24) is 15.1 Å². The molecule has 0 radical (unpaired) electrons. The Hall–Kier alpha value is -1.94. The molecule has 1 saturated heterocycles. The van der Waals surface area contributed by atoms with Crippen LogP contribution in [0, 0.1) is 0 Å². The van der Waals surface area contributed by atoms with E-state index in [1.54, 1.807) is 0 Å². The van der Waals surface area contributed by atoms with Crippen molar-refractivity contribution in [2.24, 2.45) is 5.73 Å². The molecule has 0 aliphatic carbocycles. The molecule has 3 N–H and O–H groups in total. The fourth-order valence-electron chi connectivity index (χ4n) is 2.97. The lowest BCUT2D eigenvalue weighted by Crippen LogP contribution is -2.49. The van der Waals surface area contributed by atoms with Crippen LogP contribution in [0.1, 0.15) is 45.4 Å². The van der Waals surface area contributed by atoms with Gasteiger partial charge in [0, 0.05) is 46.4 Å². The van der Waals surface area contributed by atoms with Gasteiger partial charge < -0.3 is 16.0 Å². The lowest BCUT2D eigenvalue weighted by molar-refractivity contribution is -0.140. The van der Waals surface area contributed by atoms with E-state index in [4.69, 9.17) is 5.73 Å². The van der Waals surface area contributed by atoms with E-state index >= 15 is 0 Å². The van der Waals surface area contributed by atoms with Crippen LogP contribution in [0.25, 0.3) is 0 Å². The topological polar surface area (TPSA) is 130 Å². The number of amides is 4. The summed E-state index contributed by atoms with van der Waals surface area (Å²) in [5.74, 6) is -0.266. The zero-order valence-electron chi connectivity index (χ0n) is 17.4. The molecule has 1 aliphatic heterocycles. The van der Waals surface area contributed by atoms with Crippen molar-refractivity contribution < 1.29 is 24.0 Å². The summed E-state index contributed by atoms with van der Waals surface area (Å²) in [5.41, 5.74) is 5.38. The van der Waals surface area contributed by atoms with Gasteiger partial charge in [0.2, 0.25) is 23.6 Å². The maximum Gasteiger partial charge on any atom is 0.243 e. The molecule has 9 nitrogen and oxygen atoms in total. The molecule has 0 aromatic carbocycles. The van der Waals surface area contributed by atoms with Crippen molar-refractivity contribution in [1.29, 1.82) is 0 Å². The average Bonchev–Trinajstić information content (AvgIpc) is 2.92. The third kappa shape index (κ3) is 8.14. The molecule has 1 heterocycles. The Balaban J connectivity index is 2.34. The fraction of sp³-hybridized carbons (Fsp3) is 0.737. The van der Waals surface area contributed by atoms with Crippen molar-refractivity contribution >= 4 is 41.2 Å². The van der Waals surface area contributed by atoms with Crippen LogP contribution in [0.2, 0.25) is 0 Å². The molecular weight excluding hydrogens is 396 g/mol. The summed E-state index contributed by atoms with van der Waals surface area (Å²) >= 11 is 1.48. The second-order valence-corrected chi connectivity index (χ2v) is 8.48. The number of ketones is 1. The molecule has 0 aromatic heterocycles. The number of rotatable bonds is 13. The first kappa shape index (κ1) is 25.1. The highest BCUT2D eigenvalue weighted by molar-refractivity contribution is 8.00. The minimum Gasteiger partial charge on any atom is -0.353 e. The van der Waals surface area contributed by atoms with Gasteiger partial charge in [-0.05, 0) is 25.5 Å². The number of Topliss-reactive ketones (excluding diaryl/α,β-unsaturated/α-hetero) is 1. The molecule has 1 rings (SSSR count). The molecule has 0 bridgehead atoms. The first-order valence-electron chi connectivity index (χ1n) is 9.83. The molecule has 2 atom stereocenters. The number of hydrogen-bond acceptors (Lipinski definition) is 7.